The molecule has 142 valence electrons. The van der Waals surface area contributed by atoms with Crippen LogP contribution in [0.3, 0.4) is 0 Å². The maximum Gasteiger partial charge on any atom is 0.308 e. The third-order valence-corrected chi connectivity index (χ3v) is 5.15. The van der Waals surface area contributed by atoms with Gasteiger partial charge < -0.3 is 9.64 Å². The molecule has 0 radical (unpaired) electrons. The van der Waals surface area contributed by atoms with Crippen LogP contribution in [-0.4, -0.2) is 46.8 Å². The summed E-state index contributed by atoms with van der Waals surface area (Å²) in [5, 5.41) is 4.93. The van der Waals surface area contributed by atoms with E-state index in [4.69, 9.17) is 16.3 Å². The molecule has 0 aliphatic carbocycles. The molecule has 0 saturated carbocycles. The van der Waals surface area contributed by atoms with E-state index >= 15 is 0 Å². The van der Waals surface area contributed by atoms with Gasteiger partial charge in [-0.15, -0.1) is 0 Å². The van der Waals surface area contributed by atoms with E-state index in [0.717, 1.165) is 16.9 Å². The predicted molar refractivity (Wildman–Crippen MR) is 104 cm³/mol. The maximum atomic E-state index is 12.5. The van der Waals surface area contributed by atoms with Gasteiger partial charge in [-0.2, -0.15) is 5.10 Å². The van der Waals surface area contributed by atoms with Crippen molar-refractivity contribution < 1.29 is 14.3 Å². The lowest BCUT2D eigenvalue weighted by atomic mass is 9.97. The molecule has 0 N–H and O–H groups in total. The largest absolute Gasteiger partial charge is 0.469 e. The molecule has 0 unspecified atom stereocenters. The summed E-state index contributed by atoms with van der Waals surface area (Å²) in [6.07, 6.45) is 4.47. The molecule has 1 fully saturated rings. The first-order chi connectivity index (χ1) is 13.0. The van der Waals surface area contributed by atoms with Crippen LogP contribution < -0.4 is 0 Å². The van der Waals surface area contributed by atoms with Crippen molar-refractivity contribution in [2.24, 2.45) is 5.92 Å². The van der Waals surface area contributed by atoms with Gasteiger partial charge >= 0.3 is 5.97 Å². The second-order valence-corrected chi connectivity index (χ2v) is 6.85. The Morgan fingerprint density at radius 3 is 2.52 bits per heavy atom. The summed E-state index contributed by atoms with van der Waals surface area (Å²) in [6.45, 7) is 2.94. The number of hydrogen-bond acceptors (Lipinski definition) is 4. The Balaban J connectivity index is 1.69. The molecule has 7 heteroatoms. The van der Waals surface area contributed by atoms with E-state index in [1.807, 2.05) is 37.3 Å². The molecule has 0 atom stereocenters. The number of halogens is 1. The zero-order chi connectivity index (χ0) is 19.4. The number of aromatic nitrogens is 2. The third-order valence-electron chi connectivity index (χ3n) is 4.78. The Hall–Kier alpha value is -2.60. The van der Waals surface area contributed by atoms with Gasteiger partial charge in [0.1, 0.15) is 5.15 Å². The van der Waals surface area contributed by atoms with Crippen LogP contribution in [-0.2, 0) is 14.3 Å². The van der Waals surface area contributed by atoms with Crippen LogP contribution in [0, 0.1) is 12.8 Å². The number of esters is 1. The Bertz CT molecular complexity index is 853. The summed E-state index contributed by atoms with van der Waals surface area (Å²) in [4.78, 5) is 25.8. The number of methoxy groups -OCH3 is 1. The average molecular weight is 388 g/mol. The van der Waals surface area contributed by atoms with E-state index in [-0.39, 0.29) is 17.8 Å². The highest BCUT2D eigenvalue weighted by Crippen LogP contribution is 2.25. The number of carbonyl (C=O) groups excluding carboxylic acids is 2. The smallest absolute Gasteiger partial charge is 0.308 e. The normalized spacial score (nSPS) is 15.3. The highest BCUT2D eigenvalue weighted by atomic mass is 35.5. The molecular formula is C20H22ClN3O3. The van der Waals surface area contributed by atoms with Crippen LogP contribution in [0.1, 0.15) is 24.1 Å². The number of carbonyl (C=O) groups is 2. The number of para-hydroxylation sites is 1. The maximum absolute atomic E-state index is 12.5. The van der Waals surface area contributed by atoms with E-state index in [0.29, 0.717) is 31.1 Å². The molecule has 3 rings (SSSR count). The van der Waals surface area contributed by atoms with E-state index in [2.05, 4.69) is 5.10 Å². The molecule has 0 bridgehead atoms. The molecule has 2 heterocycles. The van der Waals surface area contributed by atoms with Gasteiger partial charge in [0.25, 0.3) is 0 Å². The van der Waals surface area contributed by atoms with Crippen molar-refractivity contribution in [1.82, 2.24) is 14.7 Å². The van der Waals surface area contributed by atoms with Gasteiger partial charge in [-0.25, -0.2) is 4.68 Å². The number of ether oxygens (including phenoxy) is 1. The second kappa shape index (κ2) is 8.39. The van der Waals surface area contributed by atoms with Crippen LogP contribution in [0.15, 0.2) is 36.4 Å². The molecule has 6 nitrogen and oxygen atoms in total. The number of hydrogen-bond donors (Lipinski definition) is 0. The minimum atomic E-state index is -0.201. The predicted octanol–water partition coefficient (Wildman–Crippen LogP) is 3.26. The third kappa shape index (κ3) is 4.22. The fraction of sp³-hybridized carbons (Fsp3) is 0.350. The first-order valence-corrected chi connectivity index (χ1v) is 9.24. The molecule has 1 aromatic carbocycles. The number of piperidine rings is 1. The Labute approximate surface area is 163 Å². The van der Waals surface area contributed by atoms with Crippen LogP contribution in [0.2, 0.25) is 5.15 Å². The molecule has 0 spiro atoms. The zero-order valence-electron chi connectivity index (χ0n) is 15.4. The lowest BCUT2D eigenvalue weighted by Crippen LogP contribution is -2.39. The van der Waals surface area contributed by atoms with Gasteiger partial charge in [0, 0.05) is 24.7 Å². The average Bonchev–Trinajstić information content (AvgIpc) is 3.00. The SMILES string of the molecule is COC(=O)C1CCN(C(=O)C=Cc2c(C)nn(-c3ccccc3)c2Cl)CC1. The fourth-order valence-electron chi connectivity index (χ4n) is 3.20. The van der Waals surface area contributed by atoms with Crippen molar-refractivity contribution in [3.63, 3.8) is 0 Å². The fourth-order valence-corrected chi connectivity index (χ4v) is 3.54. The van der Waals surface area contributed by atoms with Gasteiger partial charge in [0.05, 0.1) is 24.4 Å². The number of benzene rings is 1. The van der Waals surface area contributed by atoms with Gasteiger partial charge in [0.15, 0.2) is 0 Å². The summed E-state index contributed by atoms with van der Waals surface area (Å²) < 4.78 is 6.43. The number of aryl methyl sites for hydroxylation is 1. The van der Waals surface area contributed by atoms with E-state index in [1.165, 1.54) is 13.2 Å². The van der Waals surface area contributed by atoms with Crippen molar-refractivity contribution in [1.29, 1.82) is 0 Å². The highest BCUT2D eigenvalue weighted by molar-refractivity contribution is 6.31. The Morgan fingerprint density at radius 2 is 1.89 bits per heavy atom. The number of likely N-dealkylation sites (tertiary alicyclic amines) is 1. The lowest BCUT2D eigenvalue weighted by molar-refractivity contribution is -0.148. The summed E-state index contributed by atoms with van der Waals surface area (Å²) in [5.41, 5.74) is 2.33. The molecule has 1 aliphatic rings. The van der Waals surface area contributed by atoms with Crippen LogP contribution >= 0.6 is 11.6 Å². The topological polar surface area (TPSA) is 64.4 Å². The molecule has 2 aromatic rings. The van der Waals surface area contributed by atoms with E-state index < -0.39 is 0 Å². The van der Waals surface area contributed by atoms with Crippen molar-refractivity contribution in [3.8, 4) is 5.69 Å². The lowest BCUT2D eigenvalue weighted by Gasteiger charge is -2.29. The van der Waals surface area contributed by atoms with Gasteiger partial charge in [0.2, 0.25) is 5.91 Å². The van der Waals surface area contributed by atoms with Gasteiger partial charge in [-0.05, 0) is 38.0 Å². The first kappa shape index (κ1) is 19.2. The molecule has 1 aliphatic heterocycles. The summed E-state index contributed by atoms with van der Waals surface area (Å²) in [5.74, 6) is -0.418. The minimum Gasteiger partial charge on any atom is -0.469 e. The summed E-state index contributed by atoms with van der Waals surface area (Å²) in [7, 11) is 1.39. The number of nitrogens with zero attached hydrogens (tertiary/aromatic N) is 3. The number of amides is 1. The zero-order valence-corrected chi connectivity index (χ0v) is 16.1. The number of rotatable bonds is 4. The highest BCUT2D eigenvalue weighted by Gasteiger charge is 2.27. The van der Waals surface area contributed by atoms with Crippen LogP contribution in [0.4, 0.5) is 0 Å². The van der Waals surface area contributed by atoms with Crippen molar-refractivity contribution in [2.75, 3.05) is 20.2 Å². The molecule has 1 amide bonds. The summed E-state index contributed by atoms with van der Waals surface area (Å²) in [6, 6.07) is 9.60. The molecular weight excluding hydrogens is 366 g/mol. The summed E-state index contributed by atoms with van der Waals surface area (Å²) >= 11 is 6.48. The second-order valence-electron chi connectivity index (χ2n) is 6.49. The van der Waals surface area contributed by atoms with Crippen LogP contribution in [0.5, 0.6) is 0 Å². The van der Waals surface area contributed by atoms with E-state index in [9.17, 15) is 9.59 Å². The van der Waals surface area contributed by atoms with Crippen molar-refractivity contribution >= 4 is 29.6 Å². The molecule has 1 aromatic heterocycles. The Morgan fingerprint density at radius 1 is 1.22 bits per heavy atom. The first-order valence-electron chi connectivity index (χ1n) is 8.86. The molecule has 27 heavy (non-hydrogen) atoms. The van der Waals surface area contributed by atoms with Gasteiger partial charge in [-0.3, -0.25) is 9.59 Å². The quantitative estimate of drug-likeness (QED) is 0.596. The van der Waals surface area contributed by atoms with Crippen molar-refractivity contribution in [3.05, 3.63) is 52.8 Å². The Kier molecular flexibility index (Phi) is 5.96. The van der Waals surface area contributed by atoms with Gasteiger partial charge in [-0.1, -0.05) is 29.8 Å². The monoisotopic (exact) mass is 387 g/mol. The van der Waals surface area contributed by atoms with Crippen LogP contribution in [0.25, 0.3) is 11.8 Å². The van der Waals surface area contributed by atoms with E-state index in [1.54, 1.807) is 15.7 Å². The molecule has 1 saturated heterocycles. The van der Waals surface area contributed by atoms with Crippen molar-refractivity contribution in [2.45, 2.75) is 19.8 Å². The minimum absolute atomic E-state index is 0.0961. The standard InChI is InChI=1S/C20H22ClN3O3/c1-14-17(19(21)24(22-14)16-6-4-3-5-7-16)8-9-18(25)23-12-10-15(11-13-23)20(26)27-2/h3-9,15H,10-13H2,1-2H3.